The van der Waals surface area contributed by atoms with Crippen LogP contribution in [0, 0.1) is 0 Å². The SMILES string of the molecule is CCC(NCCSc1ccc(Cl)cc1)C(=O)OC(C)(C)C.Cl. The summed E-state index contributed by atoms with van der Waals surface area (Å²) < 4.78 is 5.40. The predicted octanol–water partition coefficient (Wildman–Crippen LogP) is 4.56. The highest BCUT2D eigenvalue weighted by Gasteiger charge is 2.23. The van der Waals surface area contributed by atoms with Gasteiger partial charge in [0.1, 0.15) is 11.6 Å². The number of ether oxygens (including phenoxy) is 1. The number of halogens is 2. The van der Waals surface area contributed by atoms with Gasteiger partial charge in [-0.3, -0.25) is 4.79 Å². The molecule has 0 radical (unpaired) electrons. The van der Waals surface area contributed by atoms with E-state index >= 15 is 0 Å². The van der Waals surface area contributed by atoms with Crippen LogP contribution in [0.3, 0.4) is 0 Å². The minimum absolute atomic E-state index is 0. The molecule has 1 aromatic carbocycles. The molecule has 1 aromatic rings. The lowest BCUT2D eigenvalue weighted by atomic mass is 10.1. The molecule has 0 bridgehead atoms. The van der Waals surface area contributed by atoms with Crippen molar-refractivity contribution in [3.63, 3.8) is 0 Å². The van der Waals surface area contributed by atoms with Gasteiger partial charge in [0.25, 0.3) is 0 Å². The van der Waals surface area contributed by atoms with E-state index in [1.165, 1.54) is 4.90 Å². The largest absolute Gasteiger partial charge is 0.459 e. The van der Waals surface area contributed by atoms with Gasteiger partial charge < -0.3 is 10.1 Å². The van der Waals surface area contributed by atoms with Crippen LogP contribution in [0.4, 0.5) is 0 Å². The third kappa shape index (κ3) is 8.89. The molecule has 22 heavy (non-hydrogen) atoms. The lowest BCUT2D eigenvalue weighted by Crippen LogP contribution is -2.41. The van der Waals surface area contributed by atoms with E-state index in [2.05, 4.69) is 5.32 Å². The van der Waals surface area contributed by atoms with E-state index in [0.29, 0.717) is 0 Å². The van der Waals surface area contributed by atoms with Gasteiger partial charge >= 0.3 is 5.97 Å². The standard InChI is InChI=1S/C16H24ClNO2S.ClH/c1-5-14(15(19)20-16(2,3)4)18-10-11-21-13-8-6-12(17)7-9-13;/h6-9,14,18H,5,10-11H2,1-4H3;1H. The maximum Gasteiger partial charge on any atom is 0.323 e. The normalized spacial score (nSPS) is 12.4. The summed E-state index contributed by atoms with van der Waals surface area (Å²) in [6.07, 6.45) is 0.723. The smallest absolute Gasteiger partial charge is 0.323 e. The van der Waals surface area contributed by atoms with Crippen molar-refractivity contribution in [1.29, 1.82) is 0 Å². The topological polar surface area (TPSA) is 38.3 Å². The zero-order valence-corrected chi connectivity index (χ0v) is 15.9. The van der Waals surface area contributed by atoms with Gasteiger partial charge in [-0.2, -0.15) is 0 Å². The van der Waals surface area contributed by atoms with Crippen molar-refractivity contribution in [3.8, 4) is 0 Å². The first-order valence-electron chi connectivity index (χ1n) is 7.16. The molecule has 0 fully saturated rings. The highest BCUT2D eigenvalue weighted by molar-refractivity contribution is 7.99. The minimum atomic E-state index is -0.440. The third-order valence-corrected chi connectivity index (χ3v) is 3.94. The fourth-order valence-corrected chi connectivity index (χ4v) is 2.61. The first kappa shape index (κ1) is 21.6. The summed E-state index contributed by atoms with van der Waals surface area (Å²) in [5.74, 6) is 0.711. The molecule has 0 spiro atoms. The highest BCUT2D eigenvalue weighted by atomic mass is 35.5. The maximum atomic E-state index is 12.0. The molecule has 0 aliphatic rings. The number of carbonyl (C=O) groups is 1. The Morgan fingerprint density at radius 1 is 1.32 bits per heavy atom. The van der Waals surface area contributed by atoms with Gasteiger partial charge in [-0.1, -0.05) is 18.5 Å². The summed E-state index contributed by atoms with van der Waals surface area (Å²) in [5.41, 5.74) is -0.440. The first-order valence-corrected chi connectivity index (χ1v) is 8.53. The molecule has 6 heteroatoms. The van der Waals surface area contributed by atoms with Crippen molar-refractivity contribution in [2.45, 2.75) is 50.7 Å². The minimum Gasteiger partial charge on any atom is -0.459 e. The number of hydrogen-bond acceptors (Lipinski definition) is 4. The fraction of sp³-hybridized carbons (Fsp3) is 0.562. The molecule has 3 nitrogen and oxygen atoms in total. The molecule has 126 valence electrons. The van der Waals surface area contributed by atoms with E-state index in [1.807, 2.05) is 52.0 Å². The number of benzene rings is 1. The molecule has 0 saturated heterocycles. The molecule has 0 aliphatic heterocycles. The maximum absolute atomic E-state index is 12.0. The van der Waals surface area contributed by atoms with E-state index in [1.54, 1.807) is 11.8 Å². The molecule has 0 amide bonds. The molecule has 1 unspecified atom stereocenters. The zero-order valence-electron chi connectivity index (χ0n) is 13.5. The molecule has 0 saturated carbocycles. The Morgan fingerprint density at radius 2 is 1.91 bits per heavy atom. The van der Waals surface area contributed by atoms with E-state index in [9.17, 15) is 4.79 Å². The van der Waals surface area contributed by atoms with Gasteiger partial charge in [-0.15, -0.1) is 24.2 Å². The number of nitrogens with one attached hydrogen (secondary N) is 1. The van der Waals surface area contributed by atoms with Crippen LogP contribution in [-0.4, -0.2) is 29.9 Å². The zero-order chi connectivity index (χ0) is 15.9. The highest BCUT2D eigenvalue weighted by Crippen LogP contribution is 2.19. The number of rotatable bonds is 7. The van der Waals surface area contributed by atoms with Crippen LogP contribution < -0.4 is 5.32 Å². The quantitative estimate of drug-likeness (QED) is 0.436. The second kappa shape index (κ2) is 10.4. The second-order valence-electron chi connectivity index (χ2n) is 5.75. The number of thioether (sulfide) groups is 1. The Bertz CT molecular complexity index is 446. The lowest BCUT2D eigenvalue weighted by molar-refractivity contribution is -0.157. The fourth-order valence-electron chi connectivity index (χ4n) is 1.70. The molecule has 0 aromatic heterocycles. The Labute approximate surface area is 148 Å². The lowest BCUT2D eigenvalue weighted by Gasteiger charge is -2.24. The van der Waals surface area contributed by atoms with Gasteiger partial charge in [0, 0.05) is 22.2 Å². The summed E-state index contributed by atoms with van der Waals surface area (Å²) in [6, 6.07) is 7.52. The van der Waals surface area contributed by atoms with Crippen LogP contribution in [0.1, 0.15) is 34.1 Å². The molecule has 1 rings (SSSR count). The van der Waals surface area contributed by atoms with E-state index in [0.717, 1.165) is 23.7 Å². The molecule has 0 heterocycles. The van der Waals surface area contributed by atoms with Crippen molar-refractivity contribution in [3.05, 3.63) is 29.3 Å². The Kier molecular flexibility index (Phi) is 10.2. The summed E-state index contributed by atoms with van der Waals surface area (Å²) in [5, 5.41) is 4.00. The average Bonchev–Trinajstić information content (AvgIpc) is 2.38. The van der Waals surface area contributed by atoms with Gasteiger partial charge in [-0.25, -0.2) is 0 Å². The molecule has 1 N–H and O–H groups in total. The van der Waals surface area contributed by atoms with E-state index < -0.39 is 5.60 Å². The molecule has 0 aliphatic carbocycles. The van der Waals surface area contributed by atoms with Gasteiger partial charge in [0.2, 0.25) is 0 Å². The van der Waals surface area contributed by atoms with Gasteiger partial charge in [0.05, 0.1) is 0 Å². The second-order valence-corrected chi connectivity index (χ2v) is 7.36. The number of carbonyl (C=O) groups excluding carboxylic acids is 1. The summed E-state index contributed by atoms with van der Waals surface area (Å²) in [6.45, 7) is 8.38. The molecular formula is C16H25Cl2NO2S. The van der Waals surface area contributed by atoms with Gasteiger partial charge in [0.15, 0.2) is 0 Å². The molecular weight excluding hydrogens is 341 g/mol. The monoisotopic (exact) mass is 365 g/mol. The summed E-state index contributed by atoms with van der Waals surface area (Å²) in [7, 11) is 0. The van der Waals surface area contributed by atoms with Crippen LogP contribution in [-0.2, 0) is 9.53 Å². The van der Waals surface area contributed by atoms with Crippen LogP contribution >= 0.6 is 35.8 Å². The number of hydrogen-bond donors (Lipinski definition) is 1. The summed E-state index contributed by atoms with van der Waals surface area (Å²) >= 11 is 7.58. The summed E-state index contributed by atoms with van der Waals surface area (Å²) in [4.78, 5) is 13.2. The predicted molar refractivity (Wildman–Crippen MR) is 97.4 cm³/mol. The number of esters is 1. The average molecular weight is 366 g/mol. The van der Waals surface area contributed by atoms with Crippen LogP contribution in [0.25, 0.3) is 0 Å². The third-order valence-electron chi connectivity index (χ3n) is 2.67. The Hall–Kier alpha value is -0.420. The van der Waals surface area contributed by atoms with Crippen molar-refractivity contribution >= 4 is 41.7 Å². The van der Waals surface area contributed by atoms with E-state index in [-0.39, 0.29) is 24.4 Å². The van der Waals surface area contributed by atoms with Crippen molar-refractivity contribution < 1.29 is 9.53 Å². The van der Waals surface area contributed by atoms with Crippen molar-refractivity contribution in [2.75, 3.05) is 12.3 Å². The van der Waals surface area contributed by atoms with Crippen LogP contribution in [0.5, 0.6) is 0 Å². The first-order chi connectivity index (χ1) is 9.81. The van der Waals surface area contributed by atoms with Crippen LogP contribution in [0.2, 0.25) is 5.02 Å². The Morgan fingerprint density at radius 3 is 2.41 bits per heavy atom. The van der Waals surface area contributed by atoms with Crippen molar-refractivity contribution in [2.24, 2.45) is 0 Å². The molecule has 1 atom stereocenters. The van der Waals surface area contributed by atoms with Crippen molar-refractivity contribution in [1.82, 2.24) is 5.32 Å². The van der Waals surface area contributed by atoms with E-state index in [4.69, 9.17) is 16.3 Å². The van der Waals surface area contributed by atoms with Gasteiger partial charge in [-0.05, 0) is 51.5 Å². The Balaban J connectivity index is 0.00000441. The van der Waals surface area contributed by atoms with Crippen LogP contribution in [0.15, 0.2) is 29.2 Å².